The highest BCUT2D eigenvalue weighted by Crippen LogP contribution is 2.28. The fourth-order valence-corrected chi connectivity index (χ4v) is 4.00. The van der Waals surface area contributed by atoms with E-state index in [0.717, 1.165) is 50.2 Å². The maximum absolute atomic E-state index is 9.92. The topological polar surface area (TPSA) is 110 Å². The number of fused-ring (bicyclic) bond motifs is 1. The van der Waals surface area contributed by atoms with Crippen LogP contribution in [0, 0.1) is 0 Å². The molecule has 2 aliphatic rings. The normalized spacial score (nSPS) is 22.2. The second kappa shape index (κ2) is 8.31. The third-order valence-corrected chi connectivity index (χ3v) is 5.63. The highest BCUT2D eigenvalue weighted by atomic mass is 16.5. The molecule has 4 heterocycles. The molecule has 0 radical (unpaired) electrons. The lowest BCUT2D eigenvalue weighted by atomic mass is 9.93. The smallest absolute Gasteiger partial charge is 0.321 e. The number of aromatic hydroxyl groups is 1. The molecular formula is C20H25N7O3. The molecule has 1 aliphatic heterocycles. The molecule has 0 aromatic carbocycles. The van der Waals surface area contributed by atoms with E-state index in [2.05, 4.69) is 25.3 Å². The molecule has 1 aliphatic carbocycles. The Morgan fingerprint density at radius 2 is 1.97 bits per heavy atom. The van der Waals surface area contributed by atoms with Gasteiger partial charge in [0.25, 0.3) is 0 Å². The van der Waals surface area contributed by atoms with Gasteiger partial charge in [0.15, 0.2) is 17.2 Å². The Morgan fingerprint density at radius 3 is 2.77 bits per heavy atom. The first kappa shape index (κ1) is 18.9. The van der Waals surface area contributed by atoms with Gasteiger partial charge in [-0.25, -0.2) is 9.97 Å². The number of hydrogen-bond donors (Lipinski definition) is 2. The van der Waals surface area contributed by atoms with Gasteiger partial charge in [-0.1, -0.05) is 0 Å². The van der Waals surface area contributed by atoms with E-state index in [1.807, 2.05) is 6.07 Å². The lowest BCUT2D eigenvalue weighted by Gasteiger charge is -2.30. The van der Waals surface area contributed by atoms with Gasteiger partial charge >= 0.3 is 6.01 Å². The van der Waals surface area contributed by atoms with Gasteiger partial charge in [0.05, 0.1) is 13.2 Å². The van der Waals surface area contributed by atoms with Gasteiger partial charge in [-0.05, 0) is 37.8 Å². The lowest BCUT2D eigenvalue weighted by Crippen LogP contribution is -2.37. The first-order chi connectivity index (χ1) is 14.8. The van der Waals surface area contributed by atoms with Crippen LogP contribution in [0.15, 0.2) is 30.7 Å². The molecule has 0 atom stereocenters. The van der Waals surface area contributed by atoms with Crippen molar-refractivity contribution in [3.63, 3.8) is 0 Å². The SMILES string of the molecule is Oc1cccnc1NC1CCC(Oc2nc(N3CCOCC3)cc3ncnn23)CC1. The average molecular weight is 411 g/mol. The minimum Gasteiger partial charge on any atom is -0.504 e. The third kappa shape index (κ3) is 3.95. The maximum atomic E-state index is 9.92. The van der Waals surface area contributed by atoms with Gasteiger partial charge in [-0.15, -0.1) is 0 Å². The summed E-state index contributed by atoms with van der Waals surface area (Å²) in [6.07, 6.45) is 6.85. The summed E-state index contributed by atoms with van der Waals surface area (Å²) in [7, 11) is 0. The Bertz CT molecular complexity index is 997. The van der Waals surface area contributed by atoms with E-state index in [-0.39, 0.29) is 17.9 Å². The van der Waals surface area contributed by atoms with Gasteiger partial charge in [0.1, 0.15) is 18.2 Å². The molecule has 0 spiro atoms. The van der Waals surface area contributed by atoms with Crippen LogP contribution < -0.4 is 15.0 Å². The van der Waals surface area contributed by atoms with E-state index < -0.39 is 0 Å². The molecule has 1 saturated carbocycles. The number of nitrogens with zero attached hydrogens (tertiary/aromatic N) is 6. The number of rotatable bonds is 5. The molecular weight excluding hydrogens is 386 g/mol. The molecule has 3 aromatic rings. The van der Waals surface area contributed by atoms with E-state index in [1.54, 1.807) is 22.8 Å². The van der Waals surface area contributed by atoms with Crippen LogP contribution in [0.3, 0.4) is 0 Å². The summed E-state index contributed by atoms with van der Waals surface area (Å²) in [5.41, 5.74) is 0.725. The molecule has 3 aromatic heterocycles. The zero-order valence-electron chi connectivity index (χ0n) is 16.6. The van der Waals surface area contributed by atoms with Gasteiger partial charge < -0.3 is 24.8 Å². The van der Waals surface area contributed by atoms with Crippen molar-refractivity contribution < 1.29 is 14.6 Å². The van der Waals surface area contributed by atoms with Crippen molar-refractivity contribution in [2.45, 2.75) is 37.8 Å². The molecule has 0 bridgehead atoms. The Balaban J connectivity index is 1.26. The number of aromatic nitrogens is 5. The van der Waals surface area contributed by atoms with Gasteiger partial charge in [-0.3, -0.25) is 0 Å². The molecule has 0 unspecified atom stereocenters. The van der Waals surface area contributed by atoms with Crippen molar-refractivity contribution in [1.82, 2.24) is 24.6 Å². The fourth-order valence-electron chi connectivity index (χ4n) is 4.00. The fraction of sp³-hybridized carbons (Fsp3) is 0.500. The van der Waals surface area contributed by atoms with Crippen molar-refractivity contribution in [2.75, 3.05) is 36.5 Å². The third-order valence-electron chi connectivity index (χ3n) is 5.63. The van der Waals surface area contributed by atoms with Crippen molar-refractivity contribution in [3.8, 4) is 11.8 Å². The Labute approximate surface area is 173 Å². The van der Waals surface area contributed by atoms with Crippen molar-refractivity contribution in [3.05, 3.63) is 30.7 Å². The van der Waals surface area contributed by atoms with Crippen molar-refractivity contribution >= 4 is 17.3 Å². The molecule has 2 fully saturated rings. The molecule has 5 rings (SSSR count). The highest BCUT2D eigenvalue weighted by molar-refractivity contribution is 5.52. The van der Waals surface area contributed by atoms with Crippen molar-refractivity contribution in [2.24, 2.45) is 0 Å². The minimum absolute atomic E-state index is 0.0558. The molecule has 10 nitrogen and oxygen atoms in total. The number of ether oxygens (including phenoxy) is 2. The predicted molar refractivity (Wildman–Crippen MR) is 110 cm³/mol. The van der Waals surface area contributed by atoms with Crippen molar-refractivity contribution in [1.29, 1.82) is 0 Å². The predicted octanol–water partition coefficient (Wildman–Crippen LogP) is 1.86. The second-order valence-corrected chi connectivity index (χ2v) is 7.63. The number of morpholine rings is 1. The van der Waals surface area contributed by atoms with E-state index in [4.69, 9.17) is 14.5 Å². The standard InChI is InChI=1S/C20H25N7O3/c28-16-2-1-7-21-19(16)24-14-3-5-15(6-4-14)30-20-25-18(26-8-10-29-11-9-26)12-17-22-13-23-27(17)20/h1-2,7,12-15,28H,3-6,8-11H2,(H,21,24). The quantitative estimate of drug-likeness (QED) is 0.650. The molecule has 1 saturated heterocycles. The summed E-state index contributed by atoms with van der Waals surface area (Å²) in [6.45, 7) is 2.99. The molecule has 0 amide bonds. The zero-order valence-corrected chi connectivity index (χ0v) is 16.6. The van der Waals surface area contributed by atoms with Gasteiger partial charge in [0, 0.05) is 31.4 Å². The number of pyridine rings is 1. The van der Waals surface area contributed by atoms with Crippen LogP contribution >= 0.6 is 0 Å². The molecule has 158 valence electrons. The van der Waals surface area contributed by atoms with E-state index in [1.165, 1.54) is 6.33 Å². The van der Waals surface area contributed by atoms with Crippen LogP contribution in [-0.4, -0.2) is 68.1 Å². The summed E-state index contributed by atoms with van der Waals surface area (Å²) in [5, 5.41) is 17.5. The van der Waals surface area contributed by atoms with Crippen LogP contribution in [0.5, 0.6) is 11.8 Å². The maximum Gasteiger partial charge on any atom is 0.321 e. The van der Waals surface area contributed by atoms with E-state index >= 15 is 0 Å². The highest BCUT2D eigenvalue weighted by Gasteiger charge is 2.25. The first-order valence-electron chi connectivity index (χ1n) is 10.4. The largest absolute Gasteiger partial charge is 0.504 e. The number of hydrogen-bond acceptors (Lipinski definition) is 9. The van der Waals surface area contributed by atoms with E-state index in [9.17, 15) is 5.11 Å². The first-order valence-corrected chi connectivity index (χ1v) is 10.4. The molecule has 30 heavy (non-hydrogen) atoms. The second-order valence-electron chi connectivity index (χ2n) is 7.63. The number of anilines is 2. The van der Waals surface area contributed by atoms with Crippen LogP contribution in [-0.2, 0) is 4.74 Å². The van der Waals surface area contributed by atoms with Crippen LogP contribution in [0.4, 0.5) is 11.6 Å². The Hall–Kier alpha value is -3.14. The monoisotopic (exact) mass is 411 g/mol. The van der Waals surface area contributed by atoms with Gasteiger partial charge in [0.2, 0.25) is 0 Å². The molecule has 10 heteroatoms. The summed E-state index contributed by atoms with van der Waals surface area (Å²) < 4.78 is 13.4. The Morgan fingerprint density at radius 1 is 1.13 bits per heavy atom. The minimum atomic E-state index is 0.0558. The number of nitrogens with one attached hydrogen (secondary N) is 1. The summed E-state index contributed by atoms with van der Waals surface area (Å²) >= 11 is 0. The van der Waals surface area contributed by atoms with Crippen LogP contribution in [0.25, 0.3) is 5.65 Å². The van der Waals surface area contributed by atoms with E-state index in [0.29, 0.717) is 25.0 Å². The summed E-state index contributed by atoms with van der Waals surface area (Å²) in [4.78, 5) is 15.5. The van der Waals surface area contributed by atoms with Crippen LogP contribution in [0.1, 0.15) is 25.7 Å². The zero-order chi connectivity index (χ0) is 20.3. The lowest BCUT2D eigenvalue weighted by molar-refractivity contribution is 0.121. The Kier molecular flexibility index (Phi) is 5.22. The van der Waals surface area contributed by atoms with Crippen LogP contribution in [0.2, 0.25) is 0 Å². The average Bonchev–Trinajstić information content (AvgIpc) is 3.26. The van der Waals surface area contributed by atoms with Gasteiger partial charge in [-0.2, -0.15) is 14.6 Å². The molecule has 2 N–H and O–H groups in total. The summed E-state index contributed by atoms with van der Waals surface area (Å²) in [5.74, 6) is 1.55. The summed E-state index contributed by atoms with van der Waals surface area (Å²) in [6, 6.07) is 6.02.